The smallest absolute Gasteiger partial charge is 0.300 e. The molecule has 0 bridgehead atoms. The molecule has 0 aromatic heterocycles. The number of nitrogens with one attached hydrogen (secondary N) is 1. The summed E-state index contributed by atoms with van der Waals surface area (Å²) in [4.78, 5) is 33.2. The molecule has 0 radical (unpaired) electrons. The molecule has 10 nitrogen and oxygen atoms in total. The Balaban J connectivity index is 0.00000118. The predicted octanol–water partition coefficient (Wildman–Crippen LogP) is 2.60. The first-order chi connectivity index (χ1) is 15.9. The summed E-state index contributed by atoms with van der Waals surface area (Å²) in [5.41, 5.74) is 5.73. The number of nitrogens with two attached hydrogens (primary N) is 1. The highest BCUT2D eigenvalue weighted by molar-refractivity contribution is 5.95. The molecule has 1 aromatic rings. The Morgan fingerprint density at radius 2 is 1.56 bits per heavy atom. The number of rotatable bonds is 8. The number of methoxy groups -OCH3 is 1. The summed E-state index contributed by atoms with van der Waals surface area (Å²) < 4.78 is 10.9. The van der Waals surface area contributed by atoms with E-state index >= 15 is 0 Å². The van der Waals surface area contributed by atoms with Crippen molar-refractivity contribution in [2.75, 3.05) is 39.9 Å². The molecule has 1 saturated heterocycles. The van der Waals surface area contributed by atoms with Crippen LogP contribution in [0.15, 0.2) is 18.2 Å². The first kappa shape index (κ1) is 31.1. The summed E-state index contributed by atoms with van der Waals surface area (Å²) in [5.74, 6) is -0.636. The van der Waals surface area contributed by atoms with E-state index in [0.29, 0.717) is 30.2 Å². The van der Waals surface area contributed by atoms with E-state index in [2.05, 4.69) is 24.1 Å². The average Bonchev–Trinajstić information content (AvgIpc) is 2.99. The molecule has 1 fully saturated rings. The third kappa shape index (κ3) is 15.1. The Labute approximate surface area is 202 Å². The number of hydrogen-bond acceptors (Lipinski definition) is 7. The lowest BCUT2D eigenvalue weighted by molar-refractivity contribution is -0.135. The molecule has 0 saturated carbocycles. The molecule has 10 heteroatoms. The van der Waals surface area contributed by atoms with Crippen LogP contribution in [0.3, 0.4) is 0 Å². The van der Waals surface area contributed by atoms with Crippen molar-refractivity contribution in [1.29, 1.82) is 0 Å². The summed E-state index contributed by atoms with van der Waals surface area (Å²) in [5, 5.41) is 18.0. The highest BCUT2D eigenvalue weighted by atomic mass is 16.5. The molecule has 0 unspecified atom stereocenters. The van der Waals surface area contributed by atoms with Crippen LogP contribution in [-0.4, -0.2) is 78.4 Å². The Bertz CT molecular complexity index is 741. The van der Waals surface area contributed by atoms with Crippen molar-refractivity contribution < 1.29 is 34.1 Å². The second-order valence-electron chi connectivity index (χ2n) is 8.57. The number of hydrogen-bond donors (Lipinski definition) is 4. The molecule has 1 heterocycles. The lowest BCUT2D eigenvalue weighted by Crippen LogP contribution is -2.51. The van der Waals surface area contributed by atoms with E-state index in [9.17, 15) is 4.79 Å². The van der Waals surface area contributed by atoms with Gasteiger partial charge in [0.15, 0.2) is 11.5 Å². The average molecular weight is 484 g/mol. The van der Waals surface area contributed by atoms with Crippen molar-refractivity contribution >= 4 is 17.8 Å². The van der Waals surface area contributed by atoms with Gasteiger partial charge in [0.25, 0.3) is 17.8 Å². The Hall–Kier alpha value is -2.85. The van der Waals surface area contributed by atoms with Crippen molar-refractivity contribution in [1.82, 2.24) is 10.2 Å². The molecule has 194 valence electrons. The lowest BCUT2D eigenvalue weighted by Gasteiger charge is -2.33. The van der Waals surface area contributed by atoms with Crippen molar-refractivity contribution in [2.24, 2.45) is 5.73 Å². The number of ether oxygens (including phenoxy) is 2. The monoisotopic (exact) mass is 483 g/mol. The van der Waals surface area contributed by atoms with Crippen molar-refractivity contribution in [2.45, 2.75) is 58.9 Å². The number of nitrogens with zero attached hydrogens (tertiary/aromatic N) is 1. The van der Waals surface area contributed by atoms with Gasteiger partial charge in [-0.1, -0.05) is 12.8 Å². The van der Waals surface area contributed by atoms with Gasteiger partial charge in [-0.25, -0.2) is 0 Å². The number of carboxylic acid groups (broad SMARTS) is 2. The molecule has 34 heavy (non-hydrogen) atoms. The molecular weight excluding hydrogens is 442 g/mol. The minimum atomic E-state index is -0.833. The second-order valence-corrected chi connectivity index (χ2v) is 8.57. The van der Waals surface area contributed by atoms with Crippen molar-refractivity contribution in [3.05, 3.63) is 23.8 Å². The Kier molecular flexibility index (Phi) is 15.3. The van der Waals surface area contributed by atoms with Crippen LogP contribution < -0.4 is 20.5 Å². The summed E-state index contributed by atoms with van der Waals surface area (Å²) in [6, 6.07) is 5.22. The number of likely N-dealkylation sites (tertiary alicyclic amines) is 1. The molecule has 1 aromatic carbocycles. The van der Waals surface area contributed by atoms with Crippen molar-refractivity contribution in [3.63, 3.8) is 0 Å². The van der Waals surface area contributed by atoms with Crippen LogP contribution in [-0.2, 0) is 9.59 Å². The van der Waals surface area contributed by atoms with Gasteiger partial charge >= 0.3 is 0 Å². The van der Waals surface area contributed by atoms with Crippen LogP contribution in [0.2, 0.25) is 0 Å². The van der Waals surface area contributed by atoms with E-state index in [1.54, 1.807) is 25.3 Å². The van der Waals surface area contributed by atoms with E-state index < -0.39 is 11.9 Å². The minimum Gasteiger partial charge on any atom is -0.493 e. The maximum Gasteiger partial charge on any atom is 0.300 e. The zero-order chi connectivity index (χ0) is 26.1. The third-order valence-electron chi connectivity index (χ3n) is 4.57. The molecule has 2 rings (SSSR count). The lowest BCUT2D eigenvalue weighted by atomic mass is 10.0. The van der Waals surface area contributed by atoms with Crippen LogP contribution in [0, 0.1) is 0 Å². The largest absolute Gasteiger partial charge is 0.493 e. The topological polar surface area (TPSA) is 151 Å². The van der Waals surface area contributed by atoms with Gasteiger partial charge in [0.1, 0.15) is 6.61 Å². The van der Waals surface area contributed by atoms with Gasteiger partial charge in [-0.05, 0) is 58.0 Å². The van der Waals surface area contributed by atoms with E-state index in [-0.39, 0.29) is 11.4 Å². The van der Waals surface area contributed by atoms with Crippen LogP contribution >= 0.6 is 0 Å². The molecule has 0 aliphatic carbocycles. The van der Waals surface area contributed by atoms with E-state index in [0.717, 1.165) is 33.5 Å². The highest BCUT2D eigenvalue weighted by Crippen LogP contribution is 2.28. The molecule has 1 aliphatic rings. The van der Waals surface area contributed by atoms with Gasteiger partial charge in [-0.15, -0.1) is 0 Å². The SMILES string of the molecule is CC(=O)O.CC(=O)O.COc1cc(C(=O)NC(C)(C)CN2CCCCCC2)ccc1OCCN. The minimum absolute atomic E-state index is 0.103. The molecule has 0 atom stereocenters. The zero-order valence-corrected chi connectivity index (χ0v) is 21.1. The van der Waals surface area contributed by atoms with Gasteiger partial charge in [-0.2, -0.15) is 0 Å². The second kappa shape index (κ2) is 16.7. The maximum atomic E-state index is 12.7. The molecule has 1 amide bonds. The first-order valence-corrected chi connectivity index (χ1v) is 11.4. The normalized spacial score (nSPS) is 13.7. The number of benzene rings is 1. The Morgan fingerprint density at radius 3 is 2.03 bits per heavy atom. The summed E-state index contributed by atoms with van der Waals surface area (Å²) in [6.07, 6.45) is 5.10. The first-order valence-electron chi connectivity index (χ1n) is 11.4. The van der Waals surface area contributed by atoms with E-state index in [1.165, 1.54) is 25.7 Å². The zero-order valence-electron chi connectivity index (χ0n) is 21.1. The fourth-order valence-electron chi connectivity index (χ4n) is 3.37. The number of carbonyl (C=O) groups is 3. The van der Waals surface area contributed by atoms with Gasteiger partial charge < -0.3 is 35.6 Å². The third-order valence-corrected chi connectivity index (χ3v) is 4.57. The fraction of sp³-hybridized carbons (Fsp3) is 0.625. The van der Waals surface area contributed by atoms with Gasteiger partial charge in [-0.3, -0.25) is 14.4 Å². The quantitative estimate of drug-likeness (QED) is 0.437. The number of aliphatic carboxylic acids is 2. The van der Waals surface area contributed by atoms with Gasteiger partial charge in [0.05, 0.1) is 7.11 Å². The fourth-order valence-corrected chi connectivity index (χ4v) is 3.37. The van der Waals surface area contributed by atoms with Crippen molar-refractivity contribution in [3.8, 4) is 11.5 Å². The van der Waals surface area contributed by atoms with Gasteiger partial charge in [0, 0.05) is 38.0 Å². The number of carboxylic acids is 2. The van der Waals surface area contributed by atoms with Gasteiger partial charge in [0.2, 0.25) is 0 Å². The summed E-state index contributed by atoms with van der Waals surface area (Å²) in [6.45, 7) is 10.2. The predicted molar refractivity (Wildman–Crippen MR) is 131 cm³/mol. The Morgan fingerprint density at radius 1 is 1.03 bits per heavy atom. The molecule has 5 N–H and O–H groups in total. The number of carbonyl (C=O) groups excluding carboxylic acids is 1. The van der Waals surface area contributed by atoms with Crippen LogP contribution in [0.1, 0.15) is 63.7 Å². The maximum absolute atomic E-state index is 12.7. The summed E-state index contributed by atoms with van der Waals surface area (Å²) >= 11 is 0. The van der Waals surface area contributed by atoms with E-state index in [1.807, 2.05) is 0 Å². The molecular formula is C24H41N3O7. The summed E-state index contributed by atoms with van der Waals surface area (Å²) in [7, 11) is 1.57. The highest BCUT2D eigenvalue weighted by Gasteiger charge is 2.25. The van der Waals surface area contributed by atoms with Crippen LogP contribution in [0.4, 0.5) is 0 Å². The molecule has 0 spiro atoms. The van der Waals surface area contributed by atoms with Crippen LogP contribution in [0.25, 0.3) is 0 Å². The number of amides is 1. The van der Waals surface area contributed by atoms with E-state index in [4.69, 9.17) is 35.0 Å². The standard InChI is InChI=1S/C20H33N3O3.2C2H4O2/c1-20(2,15-23-11-6-4-5-7-12-23)22-19(24)16-8-9-17(26-13-10-21)18(14-16)25-3;2*1-2(3)4/h8-9,14H,4-7,10-13,15,21H2,1-3H3,(H,22,24);2*1H3,(H,3,4). The van der Waals surface area contributed by atoms with Crippen LogP contribution in [0.5, 0.6) is 11.5 Å². The molecule has 1 aliphatic heterocycles.